The molecule has 0 fully saturated rings. The Kier molecular flexibility index (Phi) is 4.74. The Morgan fingerprint density at radius 2 is 1.93 bits per heavy atom. The van der Waals surface area contributed by atoms with Crippen molar-refractivity contribution in [2.24, 2.45) is 5.92 Å². The van der Waals surface area contributed by atoms with Crippen LogP contribution in [0.25, 0.3) is 6.08 Å². The number of benzene rings is 1. The van der Waals surface area contributed by atoms with E-state index in [0.717, 1.165) is 12.4 Å². The fourth-order valence-electron chi connectivity index (χ4n) is 1.01. The summed E-state index contributed by atoms with van der Waals surface area (Å²) in [5.74, 6) is 1.50. The molecule has 0 aliphatic heterocycles. The van der Waals surface area contributed by atoms with Crippen LogP contribution in [0.2, 0.25) is 0 Å². The maximum Gasteiger partial charge on any atom is 0.119 e. The van der Waals surface area contributed by atoms with E-state index in [1.165, 1.54) is 5.56 Å². The first-order valence-electron chi connectivity index (χ1n) is 4.72. The maximum absolute atomic E-state index is 5.56. The molecule has 0 atom stereocenters. The lowest BCUT2D eigenvalue weighted by Gasteiger charge is -2.08. The molecule has 1 nitrogen and oxygen atoms in total. The van der Waals surface area contributed by atoms with Crippen LogP contribution < -0.4 is 4.74 Å². The van der Waals surface area contributed by atoms with Crippen molar-refractivity contribution in [1.29, 1.82) is 0 Å². The van der Waals surface area contributed by atoms with E-state index in [-0.39, 0.29) is 0 Å². The summed E-state index contributed by atoms with van der Waals surface area (Å²) in [6.07, 6.45) is 1.99. The van der Waals surface area contributed by atoms with E-state index in [1.807, 2.05) is 35.3 Å². The Labute approximate surface area is 93.9 Å². The highest BCUT2D eigenvalue weighted by atomic mass is 79.9. The van der Waals surface area contributed by atoms with Crippen LogP contribution in [0.5, 0.6) is 5.75 Å². The Morgan fingerprint density at radius 3 is 2.43 bits per heavy atom. The van der Waals surface area contributed by atoms with Gasteiger partial charge in [0.25, 0.3) is 0 Å². The predicted molar refractivity (Wildman–Crippen MR) is 64.7 cm³/mol. The van der Waals surface area contributed by atoms with Gasteiger partial charge in [0.2, 0.25) is 0 Å². The normalized spacial score (nSPS) is 11.1. The average molecular weight is 255 g/mol. The molecular weight excluding hydrogens is 240 g/mol. The van der Waals surface area contributed by atoms with Gasteiger partial charge in [-0.25, -0.2) is 0 Å². The number of hydrogen-bond acceptors (Lipinski definition) is 1. The molecule has 1 rings (SSSR count). The van der Waals surface area contributed by atoms with E-state index in [9.17, 15) is 0 Å². The molecule has 0 aromatic heterocycles. The molecule has 0 saturated heterocycles. The van der Waals surface area contributed by atoms with Gasteiger partial charge in [0.1, 0.15) is 5.75 Å². The molecule has 1 aromatic rings. The molecular formula is C12H15BrO. The van der Waals surface area contributed by atoms with Crippen LogP contribution >= 0.6 is 15.9 Å². The highest BCUT2D eigenvalue weighted by molar-refractivity contribution is 9.11. The van der Waals surface area contributed by atoms with E-state index < -0.39 is 0 Å². The average Bonchev–Trinajstić information content (AvgIpc) is 2.17. The van der Waals surface area contributed by atoms with Crippen molar-refractivity contribution in [1.82, 2.24) is 0 Å². The molecule has 0 spiro atoms. The Hall–Kier alpha value is -0.760. The molecule has 76 valence electrons. The van der Waals surface area contributed by atoms with Gasteiger partial charge in [0, 0.05) is 0 Å². The summed E-state index contributed by atoms with van der Waals surface area (Å²) in [5, 5.41) is 0. The molecule has 0 heterocycles. The topological polar surface area (TPSA) is 9.23 Å². The minimum atomic E-state index is 0.567. The third-order valence-corrected chi connectivity index (χ3v) is 1.98. The van der Waals surface area contributed by atoms with Gasteiger partial charge >= 0.3 is 0 Å². The van der Waals surface area contributed by atoms with Crippen molar-refractivity contribution in [2.75, 3.05) is 6.61 Å². The van der Waals surface area contributed by atoms with Crippen LogP contribution in [0, 0.1) is 5.92 Å². The Morgan fingerprint density at radius 1 is 1.29 bits per heavy atom. The molecule has 0 N–H and O–H groups in total. The van der Waals surface area contributed by atoms with Crippen molar-refractivity contribution >= 4 is 22.0 Å². The molecule has 0 amide bonds. The Bertz CT molecular complexity index is 288. The van der Waals surface area contributed by atoms with Gasteiger partial charge in [-0.1, -0.05) is 41.9 Å². The summed E-state index contributed by atoms with van der Waals surface area (Å²) in [5.41, 5.74) is 1.17. The fraction of sp³-hybridized carbons (Fsp3) is 0.333. The number of halogens is 1. The second kappa shape index (κ2) is 5.86. The van der Waals surface area contributed by atoms with Crippen molar-refractivity contribution in [2.45, 2.75) is 13.8 Å². The van der Waals surface area contributed by atoms with E-state index in [1.54, 1.807) is 0 Å². The minimum absolute atomic E-state index is 0.567. The smallest absolute Gasteiger partial charge is 0.119 e. The first-order chi connectivity index (χ1) is 6.72. The highest BCUT2D eigenvalue weighted by Gasteiger charge is 1.96. The standard InChI is InChI=1S/C12H15BrO/c1-10(2)9-14-12-5-3-11(4-6-12)7-8-13/h3-8,10H,9H2,1-2H3/b8-7+. The number of ether oxygens (including phenoxy) is 1. The molecule has 2 heteroatoms. The van der Waals surface area contributed by atoms with E-state index in [4.69, 9.17) is 4.74 Å². The van der Waals surface area contributed by atoms with Crippen molar-refractivity contribution in [3.8, 4) is 5.75 Å². The molecule has 0 saturated carbocycles. The predicted octanol–water partition coefficient (Wildman–Crippen LogP) is 4.09. The van der Waals surface area contributed by atoms with Crippen molar-refractivity contribution < 1.29 is 4.74 Å². The SMILES string of the molecule is CC(C)COc1ccc(/C=C/Br)cc1. The van der Waals surface area contributed by atoms with Crippen LogP contribution in [0.3, 0.4) is 0 Å². The summed E-state index contributed by atoms with van der Waals surface area (Å²) in [6.45, 7) is 5.05. The lowest BCUT2D eigenvalue weighted by Crippen LogP contribution is -2.04. The molecule has 0 aliphatic carbocycles. The van der Waals surface area contributed by atoms with Gasteiger partial charge < -0.3 is 4.74 Å². The quantitative estimate of drug-likeness (QED) is 0.787. The van der Waals surface area contributed by atoms with Crippen molar-refractivity contribution in [3.05, 3.63) is 34.8 Å². The molecule has 0 radical (unpaired) electrons. The molecule has 0 bridgehead atoms. The van der Waals surface area contributed by atoms with E-state index >= 15 is 0 Å². The zero-order valence-electron chi connectivity index (χ0n) is 8.53. The third-order valence-electron chi connectivity index (χ3n) is 1.72. The van der Waals surface area contributed by atoms with Crippen molar-refractivity contribution in [3.63, 3.8) is 0 Å². The monoisotopic (exact) mass is 254 g/mol. The lowest BCUT2D eigenvalue weighted by molar-refractivity contribution is 0.271. The van der Waals surface area contributed by atoms with E-state index in [2.05, 4.69) is 29.8 Å². The molecule has 0 aliphatic rings. The van der Waals surface area contributed by atoms with Gasteiger partial charge in [-0.3, -0.25) is 0 Å². The molecule has 14 heavy (non-hydrogen) atoms. The summed E-state index contributed by atoms with van der Waals surface area (Å²) < 4.78 is 5.56. The van der Waals surface area contributed by atoms with Crippen LogP contribution in [-0.2, 0) is 0 Å². The molecule has 0 unspecified atom stereocenters. The van der Waals surface area contributed by atoms with Gasteiger partial charge in [-0.05, 0) is 34.7 Å². The van der Waals surface area contributed by atoms with Crippen LogP contribution in [0.15, 0.2) is 29.3 Å². The summed E-state index contributed by atoms with van der Waals surface area (Å²) in [7, 11) is 0. The first kappa shape index (κ1) is 11.3. The fourth-order valence-corrected chi connectivity index (χ4v) is 1.32. The number of hydrogen-bond donors (Lipinski definition) is 0. The Balaban J connectivity index is 2.55. The zero-order valence-corrected chi connectivity index (χ0v) is 10.1. The third kappa shape index (κ3) is 3.97. The maximum atomic E-state index is 5.56. The van der Waals surface area contributed by atoms with Crippen LogP contribution in [-0.4, -0.2) is 6.61 Å². The van der Waals surface area contributed by atoms with Gasteiger partial charge in [0.15, 0.2) is 0 Å². The summed E-state index contributed by atoms with van der Waals surface area (Å²) >= 11 is 3.24. The zero-order chi connectivity index (χ0) is 10.4. The molecule has 1 aromatic carbocycles. The largest absolute Gasteiger partial charge is 0.493 e. The van der Waals surface area contributed by atoms with Gasteiger partial charge in [-0.2, -0.15) is 0 Å². The highest BCUT2D eigenvalue weighted by Crippen LogP contribution is 2.14. The number of rotatable bonds is 4. The van der Waals surface area contributed by atoms with Crippen LogP contribution in [0.4, 0.5) is 0 Å². The van der Waals surface area contributed by atoms with Gasteiger partial charge in [0.05, 0.1) is 6.61 Å². The summed E-state index contributed by atoms with van der Waals surface area (Å²) in [4.78, 5) is 1.84. The van der Waals surface area contributed by atoms with Gasteiger partial charge in [-0.15, -0.1) is 0 Å². The van der Waals surface area contributed by atoms with Crippen LogP contribution in [0.1, 0.15) is 19.4 Å². The second-order valence-electron chi connectivity index (χ2n) is 3.57. The van der Waals surface area contributed by atoms with E-state index in [0.29, 0.717) is 5.92 Å². The minimum Gasteiger partial charge on any atom is -0.493 e. The first-order valence-corrected chi connectivity index (χ1v) is 5.63. The lowest BCUT2D eigenvalue weighted by atomic mass is 10.2. The second-order valence-corrected chi connectivity index (χ2v) is 4.10. The summed E-state index contributed by atoms with van der Waals surface area (Å²) in [6, 6.07) is 8.05.